The van der Waals surface area contributed by atoms with Gasteiger partial charge in [-0.05, 0) is 18.9 Å². The van der Waals surface area contributed by atoms with Crippen molar-refractivity contribution in [1.29, 1.82) is 0 Å². The second kappa shape index (κ2) is 4.08. The summed E-state index contributed by atoms with van der Waals surface area (Å²) in [5, 5.41) is 0. The Balaban J connectivity index is 1.83. The van der Waals surface area contributed by atoms with Crippen LogP contribution in [0.5, 0.6) is 0 Å². The first-order valence-corrected chi connectivity index (χ1v) is 6.55. The van der Waals surface area contributed by atoms with Gasteiger partial charge in [0.05, 0.1) is 13.2 Å². The number of ether oxygens (including phenoxy) is 1. The van der Waals surface area contributed by atoms with Gasteiger partial charge in [-0.15, -0.1) is 0 Å². The third-order valence-electron chi connectivity index (χ3n) is 4.46. The van der Waals surface area contributed by atoms with Crippen LogP contribution in [-0.2, 0) is 14.3 Å². The lowest BCUT2D eigenvalue weighted by atomic mass is 10.0. The summed E-state index contributed by atoms with van der Waals surface area (Å²) in [6.45, 7) is 2.66. The summed E-state index contributed by atoms with van der Waals surface area (Å²) in [5.74, 6) is -0.301. The van der Waals surface area contributed by atoms with Crippen LogP contribution in [-0.4, -0.2) is 30.4 Å². The van der Waals surface area contributed by atoms with Gasteiger partial charge in [-0.3, -0.25) is 9.59 Å². The highest BCUT2D eigenvalue weighted by atomic mass is 16.5. The molecule has 0 bridgehead atoms. The van der Waals surface area contributed by atoms with Gasteiger partial charge in [0.15, 0.2) is 5.41 Å². The first kappa shape index (κ1) is 12.2. The van der Waals surface area contributed by atoms with E-state index in [2.05, 4.69) is 0 Å². The Morgan fingerprint density at radius 2 is 2.11 bits per heavy atom. The average molecular weight is 259 g/mol. The number of rotatable bonds is 3. The van der Waals surface area contributed by atoms with Gasteiger partial charge >= 0.3 is 5.97 Å². The second-order valence-electron chi connectivity index (χ2n) is 5.41. The van der Waals surface area contributed by atoms with Gasteiger partial charge in [0.1, 0.15) is 0 Å². The van der Waals surface area contributed by atoms with Crippen LogP contribution in [0.25, 0.3) is 0 Å². The lowest BCUT2D eigenvalue weighted by molar-refractivity contribution is -0.154. The smallest absolute Gasteiger partial charge is 0.321 e. The number of carbonyl (C=O) groups excluding carboxylic acids is 2. The fraction of sp³-hybridized carbons (Fsp3) is 0.467. The molecule has 19 heavy (non-hydrogen) atoms. The van der Waals surface area contributed by atoms with Gasteiger partial charge in [-0.1, -0.05) is 30.3 Å². The monoisotopic (exact) mass is 259 g/mol. The Hall–Kier alpha value is -1.84. The Bertz CT molecular complexity index is 527. The summed E-state index contributed by atoms with van der Waals surface area (Å²) in [6.07, 6.45) is 0.649. The van der Waals surface area contributed by atoms with Crippen LogP contribution >= 0.6 is 0 Å². The Labute approximate surface area is 112 Å². The number of hydrogen-bond acceptors (Lipinski definition) is 3. The highest BCUT2D eigenvalue weighted by Gasteiger charge is 2.72. The summed E-state index contributed by atoms with van der Waals surface area (Å²) >= 11 is 0. The van der Waals surface area contributed by atoms with Gasteiger partial charge in [0, 0.05) is 12.5 Å². The normalized spacial score (nSPS) is 29.9. The predicted octanol–water partition coefficient (Wildman–Crippen LogP) is 1.77. The maximum absolute atomic E-state index is 12.5. The molecule has 3 atom stereocenters. The van der Waals surface area contributed by atoms with Gasteiger partial charge in [0.2, 0.25) is 5.91 Å². The summed E-state index contributed by atoms with van der Waals surface area (Å²) in [4.78, 5) is 26.1. The molecule has 2 aliphatic rings. The topological polar surface area (TPSA) is 46.6 Å². The van der Waals surface area contributed by atoms with E-state index in [1.165, 1.54) is 7.11 Å². The fourth-order valence-corrected chi connectivity index (χ4v) is 3.15. The number of fused-ring (bicyclic) bond motifs is 1. The molecule has 1 heterocycles. The van der Waals surface area contributed by atoms with Crippen LogP contribution in [0.2, 0.25) is 0 Å². The molecule has 1 aliphatic heterocycles. The van der Waals surface area contributed by atoms with E-state index in [9.17, 15) is 9.59 Å². The lowest BCUT2D eigenvalue weighted by Crippen LogP contribution is -2.37. The molecule has 4 nitrogen and oxygen atoms in total. The van der Waals surface area contributed by atoms with E-state index in [4.69, 9.17) is 4.74 Å². The number of benzene rings is 1. The number of likely N-dealkylation sites (tertiary alicyclic amines) is 1. The van der Waals surface area contributed by atoms with Crippen LogP contribution in [0.1, 0.15) is 24.9 Å². The molecule has 1 aromatic rings. The van der Waals surface area contributed by atoms with Crippen molar-refractivity contribution in [3.8, 4) is 0 Å². The van der Waals surface area contributed by atoms with E-state index in [1.807, 2.05) is 37.3 Å². The number of hydrogen-bond donors (Lipinski definition) is 0. The molecule has 2 fully saturated rings. The van der Waals surface area contributed by atoms with Crippen molar-refractivity contribution >= 4 is 11.9 Å². The number of esters is 1. The molecule has 100 valence electrons. The second-order valence-corrected chi connectivity index (χ2v) is 5.41. The van der Waals surface area contributed by atoms with Gasteiger partial charge in [-0.25, -0.2) is 0 Å². The summed E-state index contributed by atoms with van der Waals surface area (Å²) in [7, 11) is 1.35. The maximum atomic E-state index is 12.5. The minimum atomic E-state index is -0.863. The van der Waals surface area contributed by atoms with Crippen molar-refractivity contribution in [3.05, 3.63) is 35.9 Å². The van der Waals surface area contributed by atoms with Crippen LogP contribution in [0.15, 0.2) is 30.3 Å². The van der Waals surface area contributed by atoms with E-state index in [-0.39, 0.29) is 23.8 Å². The van der Waals surface area contributed by atoms with Gasteiger partial charge in [-0.2, -0.15) is 0 Å². The highest BCUT2D eigenvalue weighted by Crippen LogP contribution is 2.60. The van der Waals surface area contributed by atoms with Crippen LogP contribution in [0.3, 0.4) is 0 Å². The molecule has 4 heteroatoms. The number of nitrogens with zero attached hydrogens (tertiary/aromatic N) is 1. The molecule has 1 saturated carbocycles. The molecule has 1 aromatic carbocycles. The minimum Gasteiger partial charge on any atom is -0.468 e. The number of piperidine rings is 1. The lowest BCUT2D eigenvalue weighted by Gasteiger charge is -2.27. The Kier molecular flexibility index (Phi) is 2.62. The average Bonchev–Trinajstić information content (AvgIpc) is 3.12. The molecule has 1 aliphatic carbocycles. The molecule has 0 N–H and O–H groups in total. The molecule has 0 spiro atoms. The van der Waals surface area contributed by atoms with E-state index >= 15 is 0 Å². The van der Waals surface area contributed by atoms with E-state index in [1.54, 1.807) is 4.90 Å². The highest BCUT2D eigenvalue weighted by molar-refractivity contribution is 6.08. The first-order valence-electron chi connectivity index (χ1n) is 6.55. The molecule has 0 unspecified atom stereocenters. The first-order chi connectivity index (χ1) is 9.11. The number of methoxy groups -OCH3 is 1. The van der Waals surface area contributed by atoms with Crippen molar-refractivity contribution in [2.45, 2.75) is 19.4 Å². The Morgan fingerprint density at radius 3 is 2.74 bits per heavy atom. The van der Waals surface area contributed by atoms with Crippen LogP contribution < -0.4 is 0 Å². The standard InChI is InChI=1S/C15H17NO3/c1-10(11-6-4-3-5-7-11)16-9-12-8-15(12,13(16)17)14(18)19-2/h3-7,10,12H,8-9H2,1-2H3/t10-,12+,15-/m0/s1. The fourth-order valence-electron chi connectivity index (χ4n) is 3.15. The van der Waals surface area contributed by atoms with Crippen LogP contribution in [0, 0.1) is 11.3 Å². The largest absolute Gasteiger partial charge is 0.468 e. The molecule has 1 saturated heterocycles. The van der Waals surface area contributed by atoms with Gasteiger partial charge in [0.25, 0.3) is 0 Å². The van der Waals surface area contributed by atoms with E-state index in [0.717, 1.165) is 5.56 Å². The third-order valence-corrected chi connectivity index (χ3v) is 4.46. The van der Waals surface area contributed by atoms with Crippen molar-refractivity contribution in [2.75, 3.05) is 13.7 Å². The maximum Gasteiger partial charge on any atom is 0.321 e. The van der Waals surface area contributed by atoms with Gasteiger partial charge < -0.3 is 9.64 Å². The molecule has 1 amide bonds. The molecular formula is C15H17NO3. The Morgan fingerprint density at radius 1 is 1.42 bits per heavy atom. The van der Waals surface area contributed by atoms with Crippen molar-refractivity contribution in [1.82, 2.24) is 4.90 Å². The summed E-state index contributed by atoms with van der Waals surface area (Å²) in [6, 6.07) is 9.89. The SMILES string of the molecule is COC(=O)[C@@]12C[C@@H]1CN([C@@H](C)c1ccccc1)C2=O. The van der Waals surface area contributed by atoms with Crippen molar-refractivity contribution < 1.29 is 14.3 Å². The van der Waals surface area contributed by atoms with Crippen molar-refractivity contribution in [3.63, 3.8) is 0 Å². The summed E-state index contributed by atoms with van der Waals surface area (Å²) in [5.41, 5.74) is 0.231. The third kappa shape index (κ3) is 1.59. The zero-order valence-electron chi connectivity index (χ0n) is 11.1. The van der Waals surface area contributed by atoms with E-state index < -0.39 is 5.41 Å². The summed E-state index contributed by atoms with van der Waals surface area (Å²) < 4.78 is 4.80. The number of carbonyl (C=O) groups is 2. The number of amides is 1. The molecule has 0 aromatic heterocycles. The molecular weight excluding hydrogens is 242 g/mol. The van der Waals surface area contributed by atoms with Crippen molar-refractivity contribution in [2.24, 2.45) is 11.3 Å². The zero-order chi connectivity index (χ0) is 13.6. The molecule has 3 rings (SSSR count). The predicted molar refractivity (Wildman–Crippen MR) is 69.1 cm³/mol. The van der Waals surface area contributed by atoms with Crippen LogP contribution in [0.4, 0.5) is 0 Å². The quantitative estimate of drug-likeness (QED) is 0.614. The zero-order valence-corrected chi connectivity index (χ0v) is 11.1. The van der Waals surface area contributed by atoms with E-state index in [0.29, 0.717) is 13.0 Å². The minimum absolute atomic E-state index is 0.00281. The molecule has 0 radical (unpaired) electrons.